The summed E-state index contributed by atoms with van der Waals surface area (Å²) in [7, 11) is 0. The molecule has 1 N–H and O–H groups in total. The molecular weight excluding hydrogens is 632 g/mol. The maximum atomic E-state index is 12.8. The van der Waals surface area contributed by atoms with Crippen LogP contribution in [0.3, 0.4) is 0 Å². The van der Waals surface area contributed by atoms with Crippen molar-refractivity contribution in [2.75, 3.05) is 13.1 Å². The van der Waals surface area contributed by atoms with Gasteiger partial charge in [-0.1, -0.05) is 24.3 Å². The minimum absolute atomic E-state index is 0.0307. The van der Waals surface area contributed by atoms with Crippen molar-refractivity contribution in [3.8, 4) is 22.9 Å². The lowest BCUT2D eigenvalue weighted by atomic mass is 9.88. The first-order valence-electron chi connectivity index (χ1n) is 14.5. The number of likely N-dealkylation sites (tertiary alicyclic amines) is 1. The van der Waals surface area contributed by atoms with Gasteiger partial charge >= 0.3 is 12.7 Å². The van der Waals surface area contributed by atoms with E-state index in [1.54, 1.807) is 0 Å². The van der Waals surface area contributed by atoms with Gasteiger partial charge in [-0.05, 0) is 97.7 Å². The highest BCUT2D eigenvalue weighted by molar-refractivity contribution is 6.03. The molecule has 0 radical (unpaired) electrons. The fourth-order valence-electron chi connectivity index (χ4n) is 5.08. The normalized spacial score (nSPS) is 15.0. The number of aryl methyl sites for hydroxylation is 1. The molecule has 1 aliphatic heterocycles. The van der Waals surface area contributed by atoms with Crippen LogP contribution in [0.1, 0.15) is 41.3 Å². The highest BCUT2D eigenvalue weighted by atomic mass is 19.4. The molecule has 16 heteroatoms. The number of aromatic nitrogens is 4. The van der Waals surface area contributed by atoms with Crippen LogP contribution in [-0.4, -0.2) is 62.5 Å². The van der Waals surface area contributed by atoms with Gasteiger partial charge in [0, 0.05) is 23.6 Å². The molecule has 0 unspecified atom stereocenters. The van der Waals surface area contributed by atoms with Gasteiger partial charge in [0.15, 0.2) is 0 Å². The Hall–Kier alpha value is -4.99. The number of tetrazole rings is 1. The van der Waals surface area contributed by atoms with Crippen LogP contribution in [0.15, 0.2) is 77.9 Å². The van der Waals surface area contributed by atoms with Crippen molar-refractivity contribution in [3.05, 3.63) is 89.5 Å². The Morgan fingerprint density at radius 1 is 0.851 bits per heavy atom. The molecule has 0 spiro atoms. The number of hydrogen-bond acceptors (Lipinski definition) is 8. The number of nitrogens with one attached hydrogen (secondary N) is 1. The number of benzene rings is 3. The topological polar surface area (TPSA) is 107 Å². The fraction of sp³-hybridized carbons (Fsp3) is 0.323. The smallest absolute Gasteiger partial charge is 0.406 e. The monoisotopic (exact) mass is 661 g/mol. The van der Waals surface area contributed by atoms with Gasteiger partial charge in [-0.3, -0.25) is 9.69 Å². The Labute approximate surface area is 265 Å². The van der Waals surface area contributed by atoms with Crippen LogP contribution in [0.2, 0.25) is 0 Å². The molecule has 0 saturated carbocycles. The highest BCUT2D eigenvalue weighted by Gasteiger charge is 2.32. The van der Waals surface area contributed by atoms with Crippen LogP contribution in [-0.2, 0) is 13.1 Å². The SMILES string of the molecule is CCn1nnc(-c2ccc(CN3CCC(C(=NNC(=O)c4ccc(OC(F)(F)F)cc4)c4ccc(OC(F)(F)F)cc4)CC3)cc2)n1. The van der Waals surface area contributed by atoms with Crippen LogP contribution in [0, 0.1) is 5.92 Å². The number of amides is 1. The maximum absolute atomic E-state index is 12.8. The number of hydrogen-bond donors (Lipinski definition) is 1. The van der Waals surface area contributed by atoms with Crippen molar-refractivity contribution >= 4 is 11.6 Å². The third-order valence-electron chi connectivity index (χ3n) is 7.34. The third kappa shape index (κ3) is 9.51. The molecule has 3 aromatic carbocycles. The third-order valence-corrected chi connectivity index (χ3v) is 7.34. The molecule has 2 heterocycles. The van der Waals surface area contributed by atoms with Gasteiger partial charge in [-0.15, -0.1) is 36.5 Å². The van der Waals surface area contributed by atoms with Crippen molar-refractivity contribution in [1.82, 2.24) is 30.5 Å². The fourth-order valence-corrected chi connectivity index (χ4v) is 5.08. The van der Waals surface area contributed by atoms with Crippen LogP contribution in [0.25, 0.3) is 11.4 Å². The zero-order valence-corrected chi connectivity index (χ0v) is 24.9. The minimum atomic E-state index is -4.88. The zero-order chi connectivity index (χ0) is 33.6. The van der Waals surface area contributed by atoms with E-state index < -0.39 is 30.1 Å². The van der Waals surface area contributed by atoms with E-state index in [4.69, 9.17) is 0 Å². The summed E-state index contributed by atoms with van der Waals surface area (Å²) in [5.41, 5.74) is 5.34. The molecular formula is C31H29F6N7O3. The average Bonchev–Trinajstić information content (AvgIpc) is 3.51. The predicted molar refractivity (Wildman–Crippen MR) is 157 cm³/mol. The molecule has 1 fully saturated rings. The standard InChI is InChI=1S/C31H29F6N7O3/c1-2-44-41-28(39-42-44)23-5-3-20(4-6-23)19-43-17-15-22(16-18-43)27(21-7-11-25(12-8-21)46-30(32,33)34)38-40-29(45)24-9-13-26(14-10-24)47-31(35,36)37/h3-14,22H,2,15-19H2,1H3,(H,40,45). The van der Waals surface area contributed by atoms with Gasteiger partial charge in [0.05, 0.1) is 12.3 Å². The second kappa shape index (κ2) is 14.2. The second-order valence-electron chi connectivity index (χ2n) is 10.6. The Morgan fingerprint density at radius 3 is 1.91 bits per heavy atom. The summed E-state index contributed by atoms with van der Waals surface area (Å²) in [6.07, 6.45) is -8.45. The number of carbonyl (C=O) groups excluding carboxylic acids is 1. The van der Waals surface area contributed by atoms with E-state index in [0.717, 1.165) is 47.5 Å². The van der Waals surface area contributed by atoms with Crippen molar-refractivity contribution in [2.45, 2.75) is 45.6 Å². The summed E-state index contributed by atoms with van der Waals surface area (Å²) in [6, 6.07) is 17.4. The number of halogens is 6. The summed E-state index contributed by atoms with van der Waals surface area (Å²) in [5.74, 6) is -1.19. The van der Waals surface area contributed by atoms with Crippen molar-refractivity contribution in [3.63, 3.8) is 0 Å². The van der Waals surface area contributed by atoms with E-state index >= 15 is 0 Å². The van der Waals surface area contributed by atoms with E-state index in [1.807, 2.05) is 31.2 Å². The molecule has 0 bridgehead atoms. The van der Waals surface area contributed by atoms with Crippen molar-refractivity contribution < 1.29 is 40.6 Å². The molecule has 1 aromatic heterocycles. The molecule has 47 heavy (non-hydrogen) atoms. The lowest BCUT2D eigenvalue weighted by Crippen LogP contribution is -2.37. The Bertz CT molecular complexity index is 1660. The summed E-state index contributed by atoms with van der Waals surface area (Å²) in [5, 5.41) is 16.7. The molecule has 4 aromatic rings. The molecule has 1 amide bonds. The van der Waals surface area contributed by atoms with E-state index in [0.29, 0.717) is 56.1 Å². The quantitative estimate of drug-likeness (QED) is 0.123. The van der Waals surface area contributed by atoms with Gasteiger partial charge < -0.3 is 9.47 Å². The van der Waals surface area contributed by atoms with E-state index in [2.05, 4.69) is 40.3 Å². The summed E-state index contributed by atoms with van der Waals surface area (Å²) in [6.45, 7) is 4.59. The number of hydrazone groups is 1. The number of carbonyl (C=O) groups is 1. The Morgan fingerprint density at radius 2 is 1.40 bits per heavy atom. The zero-order valence-electron chi connectivity index (χ0n) is 24.9. The predicted octanol–water partition coefficient (Wildman–Crippen LogP) is 6.20. The van der Waals surface area contributed by atoms with Crippen LogP contribution in [0.4, 0.5) is 26.3 Å². The van der Waals surface area contributed by atoms with Gasteiger partial charge in [-0.2, -0.15) is 9.90 Å². The van der Waals surface area contributed by atoms with Crippen LogP contribution < -0.4 is 14.9 Å². The maximum Gasteiger partial charge on any atom is 0.573 e. The number of rotatable bonds is 10. The van der Waals surface area contributed by atoms with Crippen LogP contribution >= 0.6 is 0 Å². The van der Waals surface area contributed by atoms with E-state index in [-0.39, 0.29) is 11.5 Å². The lowest BCUT2D eigenvalue weighted by molar-refractivity contribution is -0.275. The molecule has 5 rings (SSSR count). The molecule has 1 aliphatic rings. The molecule has 248 valence electrons. The molecule has 1 saturated heterocycles. The number of ether oxygens (including phenoxy) is 2. The first-order chi connectivity index (χ1) is 22.3. The van der Waals surface area contributed by atoms with Crippen LogP contribution in [0.5, 0.6) is 11.5 Å². The second-order valence-corrected chi connectivity index (χ2v) is 10.6. The van der Waals surface area contributed by atoms with Gasteiger partial charge in [0.25, 0.3) is 5.91 Å². The van der Waals surface area contributed by atoms with Crippen molar-refractivity contribution in [2.24, 2.45) is 11.0 Å². The summed E-state index contributed by atoms with van der Waals surface area (Å²) in [4.78, 5) is 16.6. The summed E-state index contributed by atoms with van der Waals surface area (Å²) < 4.78 is 83.4. The number of alkyl halides is 6. The molecule has 10 nitrogen and oxygen atoms in total. The first-order valence-corrected chi connectivity index (χ1v) is 14.5. The first kappa shape index (κ1) is 33.4. The number of piperidine rings is 1. The Kier molecular flexibility index (Phi) is 10.1. The molecule has 0 atom stereocenters. The number of nitrogens with zero attached hydrogens (tertiary/aromatic N) is 6. The van der Waals surface area contributed by atoms with E-state index in [1.165, 1.54) is 16.9 Å². The van der Waals surface area contributed by atoms with E-state index in [9.17, 15) is 31.1 Å². The Balaban J connectivity index is 1.26. The highest BCUT2D eigenvalue weighted by Crippen LogP contribution is 2.28. The molecule has 0 aliphatic carbocycles. The summed E-state index contributed by atoms with van der Waals surface area (Å²) >= 11 is 0. The average molecular weight is 662 g/mol. The largest absolute Gasteiger partial charge is 0.573 e. The van der Waals surface area contributed by atoms with Gasteiger partial charge in [0.2, 0.25) is 5.82 Å². The lowest BCUT2D eigenvalue weighted by Gasteiger charge is -2.32. The van der Waals surface area contributed by atoms with Crippen molar-refractivity contribution in [1.29, 1.82) is 0 Å². The minimum Gasteiger partial charge on any atom is -0.406 e. The van der Waals surface area contributed by atoms with Gasteiger partial charge in [0.1, 0.15) is 11.5 Å². The van der Waals surface area contributed by atoms with Gasteiger partial charge in [-0.25, -0.2) is 5.43 Å².